The fourth-order valence-electron chi connectivity index (χ4n) is 8.12. The summed E-state index contributed by atoms with van der Waals surface area (Å²) in [5.41, 5.74) is 0. The summed E-state index contributed by atoms with van der Waals surface area (Å²) in [5, 5.41) is 0. The van der Waals surface area contributed by atoms with Gasteiger partial charge in [0.05, 0.1) is 0 Å². The Balaban J connectivity index is 4.24. The largest absolute Gasteiger partial charge is 0.462 e. The summed E-state index contributed by atoms with van der Waals surface area (Å²) in [4.78, 5) is 37.9. The lowest BCUT2D eigenvalue weighted by Crippen LogP contribution is -2.30. The average molecular weight is 849 g/mol. The van der Waals surface area contributed by atoms with E-state index < -0.39 is 6.10 Å². The van der Waals surface area contributed by atoms with Crippen molar-refractivity contribution in [3.05, 3.63) is 0 Å². The van der Waals surface area contributed by atoms with Crippen LogP contribution in [0.3, 0.4) is 0 Å². The molecule has 6 heteroatoms. The van der Waals surface area contributed by atoms with Gasteiger partial charge in [-0.05, 0) is 37.0 Å². The van der Waals surface area contributed by atoms with Gasteiger partial charge in [0.15, 0.2) is 6.10 Å². The third-order valence-electron chi connectivity index (χ3n) is 12.1. The van der Waals surface area contributed by atoms with Crippen LogP contribution in [-0.2, 0) is 28.6 Å². The highest BCUT2D eigenvalue weighted by Gasteiger charge is 2.19. The molecule has 0 spiro atoms. The molecule has 0 heterocycles. The van der Waals surface area contributed by atoms with Gasteiger partial charge >= 0.3 is 17.9 Å². The molecular weight excluding hydrogens is 745 g/mol. The Morgan fingerprint density at radius 3 is 0.717 bits per heavy atom. The number of carbonyl (C=O) groups is 3. The number of hydrogen-bond acceptors (Lipinski definition) is 6. The topological polar surface area (TPSA) is 78.9 Å². The quantitative estimate of drug-likeness (QED) is 0.0345. The molecule has 1 atom stereocenters. The molecule has 0 rings (SSSR count). The van der Waals surface area contributed by atoms with Gasteiger partial charge in [0, 0.05) is 19.3 Å². The number of esters is 3. The maximum absolute atomic E-state index is 12.8. The van der Waals surface area contributed by atoms with Gasteiger partial charge in [0.2, 0.25) is 0 Å². The van der Waals surface area contributed by atoms with Crippen molar-refractivity contribution in [3.8, 4) is 0 Å². The van der Waals surface area contributed by atoms with E-state index in [1.807, 2.05) is 0 Å². The van der Waals surface area contributed by atoms with E-state index in [9.17, 15) is 14.4 Å². The summed E-state index contributed by atoms with van der Waals surface area (Å²) in [6, 6.07) is 0. The lowest BCUT2D eigenvalue weighted by Gasteiger charge is -2.18. The van der Waals surface area contributed by atoms with Crippen molar-refractivity contribution in [2.24, 2.45) is 17.8 Å². The Labute approximate surface area is 374 Å². The smallest absolute Gasteiger partial charge is 0.306 e. The molecule has 0 amide bonds. The molecular formula is C54H104O6. The van der Waals surface area contributed by atoms with Crippen LogP contribution in [-0.4, -0.2) is 37.2 Å². The van der Waals surface area contributed by atoms with Gasteiger partial charge in [0.25, 0.3) is 0 Å². The molecule has 0 fully saturated rings. The van der Waals surface area contributed by atoms with Crippen LogP contribution >= 0.6 is 0 Å². The highest BCUT2D eigenvalue weighted by Crippen LogP contribution is 2.18. The molecule has 0 aliphatic rings. The van der Waals surface area contributed by atoms with E-state index in [1.165, 1.54) is 173 Å². The van der Waals surface area contributed by atoms with Gasteiger partial charge < -0.3 is 14.2 Å². The second-order valence-corrected chi connectivity index (χ2v) is 19.9. The molecule has 6 nitrogen and oxygen atoms in total. The summed E-state index contributed by atoms with van der Waals surface area (Å²) in [6.45, 7) is 13.7. The zero-order valence-electron chi connectivity index (χ0n) is 41.3. The standard InChI is InChI=1S/C54H104O6/c1-48(2)40-34-28-22-18-14-11-9-7-8-10-12-16-21-25-33-39-45-54(57)60-51(47-59-53(56)44-38-32-27-26-30-36-42-50(5)6)46-58-52(55)43-37-31-24-20-17-13-15-19-23-29-35-41-49(3)4/h48-51H,7-47H2,1-6H3/t51-/m1/s1. The molecule has 60 heavy (non-hydrogen) atoms. The van der Waals surface area contributed by atoms with Crippen molar-refractivity contribution in [2.45, 2.75) is 298 Å². The maximum atomic E-state index is 12.8. The van der Waals surface area contributed by atoms with Crippen molar-refractivity contribution in [1.29, 1.82) is 0 Å². The second-order valence-electron chi connectivity index (χ2n) is 19.9. The van der Waals surface area contributed by atoms with Gasteiger partial charge in [0.1, 0.15) is 13.2 Å². The molecule has 0 aromatic heterocycles. The molecule has 0 N–H and O–H groups in total. The summed E-state index contributed by atoms with van der Waals surface area (Å²) >= 11 is 0. The molecule has 0 saturated heterocycles. The second kappa shape index (κ2) is 45.4. The fourth-order valence-corrected chi connectivity index (χ4v) is 8.12. The molecule has 0 aliphatic carbocycles. The molecule has 0 aromatic carbocycles. The Morgan fingerprint density at radius 1 is 0.283 bits per heavy atom. The molecule has 356 valence electrons. The summed E-state index contributed by atoms with van der Waals surface area (Å²) in [5.74, 6) is 1.59. The van der Waals surface area contributed by atoms with E-state index in [-0.39, 0.29) is 31.1 Å². The first-order valence-corrected chi connectivity index (χ1v) is 26.6. The van der Waals surface area contributed by atoms with Gasteiger partial charge in [-0.25, -0.2) is 0 Å². The van der Waals surface area contributed by atoms with Gasteiger partial charge in [-0.3, -0.25) is 14.4 Å². The van der Waals surface area contributed by atoms with Gasteiger partial charge in [-0.2, -0.15) is 0 Å². The Morgan fingerprint density at radius 2 is 0.483 bits per heavy atom. The highest BCUT2D eigenvalue weighted by atomic mass is 16.6. The molecule has 0 unspecified atom stereocenters. The van der Waals surface area contributed by atoms with Crippen molar-refractivity contribution in [3.63, 3.8) is 0 Å². The molecule has 0 saturated carbocycles. The van der Waals surface area contributed by atoms with Crippen molar-refractivity contribution in [2.75, 3.05) is 13.2 Å². The van der Waals surface area contributed by atoms with Crippen molar-refractivity contribution < 1.29 is 28.6 Å². The molecule has 0 bridgehead atoms. The van der Waals surface area contributed by atoms with Crippen LogP contribution in [0.15, 0.2) is 0 Å². The minimum absolute atomic E-state index is 0.0652. The predicted octanol–water partition coefficient (Wildman–Crippen LogP) is 17.2. The van der Waals surface area contributed by atoms with Crippen LogP contribution < -0.4 is 0 Å². The monoisotopic (exact) mass is 849 g/mol. The lowest BCUT2D eigenvalue weighted by atomic mass is 10.0. The van der Waals surface area contributed by atoms with Crippen LogP contribution in [0.4, 0.5) is 0 Å². The van der Waals surface area contributed by atoms with E-state index in [0.717, 1.165) is 75.5 Å². The Bertz CT molecular complexity index is 929. The van der Waals surface area contributed by atoms with Gasteiger partial charge in [-0.1, -0.05) is 253 Å². The predicted molar refractivity (Wildman–Crippen MR) is 256 cm³/mol. The van der Waals surface area contributed by atoms with Crippen LogP contribution in [0.2, 0.25) is 0 Å². The lowest BCUT2D eigenvalue weighted by molar-refractivity contribution is -0.167. The molecule has 0 aromatic rings. The summed E-state index contributed by atoms with van der Waals surface area (Å²) in [6.07, 6.45) is 45.4. The first-order valence-electron chi connectivity index (χ1n) is 26.6. The summed E-state index contributed by atoms with van der Waals surface area (Å²) in [7, 11) is 0. The van der Waals surface area contributed by atoms with E-state index in [4.69, 9.17) is 14.2 Å². The Kier molecular flexibility index (Phi) is 44.2. The van der Waals surface area contributed by atoms with Gasteiger partial charge in [-0.15, -0.1) is 0 Å². The SMILES string of the molecule is CC(C)CCCCCCCCCCCCCCCCCCC(=O)O[C@H](COC(=O)CCCCCCCCCCCCCC(C)C)COC(=O)CCCCCCCCC(C)C. The normalized spacial score (nSPS) is 12.2. The number of carbonyl (C=O) groups excluding carboxylic acids is 3. The number of hydrogen-bond donors (Lipinski definition) is 0. The molecule has 0 radical (unpaired) electrons. The van der Waals surface area contributed by atoms with E-state index >= 15 is 0 Å². The number of unbranched alkanes of at least 4 members (excludes halogenated alkanes) is 30. The van der Waals surface area contributed by atoms with Crippen LogP contribution in [0.5, 0.6) is 0 Å². The third-order valence-corrected chi connectivity index (χ3v) is 12.1. The van der Waals surface area contributed by atoms with Crippen molar-refractivity contribution in [1.82, 2.24) is 0 Å². The third kappa shape index (κ3) is 47.5. The molecule has 0 aliphatic heterocycles. The minimum atomic E-state index is -0.763. The van der Waals surface area contributed by atoms with E-state index in [1.54, 1.807) is 0 Å². The number of rotatable bonds is 47. The van der Waals surface area contributed by atoms with Crippen LogP contribution in [0.1, 0.15) is 292 Å². The van der Waals surface area contributed by atoms with E-state index in [2.05, 4.69) is 41.5 Å². The average Bonchev–Trinajstić information content (AvgIpc) is 3.20. The zero-order chi connectivity index (χ0) is 44.2. The van der Waals surface area contributed by atoms with Crippen LogP contribution in [0, 0.1) is 17.8 Å². The maximum Gasteiger partial charge on any atom is 0.306 e. The highest BCUT2D eigenvalue weighted by molar-refractivity contribution is 5.71. The van der Waals surface area contributed by atoms with E-state index in [0.29, 0.717) is 19.3 Å². The zero-order valence-corrected chi connectivity index (χ0v) is 41.3. The first-order chi connectivity index (χ1) is 29.1. The Hall–Kier alpha value is -1.59. The fraction of sp³-hybridized carbons (Fsp3) is 0.944. The van der Waals surface area contributed by atoms with Crippen molar-refractivity contribution >= 4 is 17.9 Å². The summed E-state index contributed by atoms with van der Waals surface area (Å²) < 4.78 is 16.8. The first kappa shape index (κ1) is 58.4. The number of ether oxygens (including phenoxy) is 3. The van der Waals surface area contributed by atoms with Crippen LogP contribution in [0.25, 0.3) is 0 Å². The minimum Gasteiger partial charge on any atom is -0.462 e.